The Bertz CT molecular complexity index is 308. The van der Waals surface area contributed by atoms with Gasteiger partial charge in [0.1, 0.15) is 0 Å². The van der Waals surface area contributed by atoms with Gasteiger partial charge in [0.05, 0.1) is 0 Å². The van der Waals surface area contributed by atoms with Gasteiger partial charge in [0.2, 0.25) is 0 Å². The Hall–Kier alpha value is 0.270. The number of hydrogen-bond acceptors (Lipinski definition) is 3. The van der Waals surface area contributed by atoms with Crippen LogP contribution < -0.4 is 5.32 Å². The maximum Gasteiger partial charge on any atom is 0.0224 e. The van der Waals surface area contributed by atoms with Crippen molar-refractivity contribution >= 4 is 11.8 Å². The van der Waals surface area contributed by atoms with Crippen LogP contribution >= 0.6 is 11.8 Å². The first kappa shape index (κ1) is 16.1. The van der Waals surface area contributed by atoms with Gasteiger partial charge in [-0.15, -0.1) is 0 Å². The molecule has 3 rings (SSSR count). The van der Waals surface area contributed by atoms with Crippen molar-refractivity contribution in [3.05, 3.63) is 0 Å². The third-order valence-corrected chi connectivity index (χ3v) is 7.45. The first-order chi connectivity index (χ1) is 10.3. The van der Waals surface area contributed by atoms with E-state index < -0.39 is 0 Å². The summed E-state index contributed by atoms with van der Waals surface area (Å²) >= 11 is 2.09. The summed E-state index contributed by atoms with van der Waals surface area (Å²) in [6.07, 6.45) is 15.4. The summed E-state index contributed by atoms with van der Waals surface area (Å²) in [4.78, 5) is 2.88. The van der Waals surface area contributed by atoms with Crippen LogP contribution in [-0.2, 0) is 0 Å². The summed E-state index contributed by atoms with van der Waals surface area (Å²) in [6, 6.07) is 2.39. The van der Waals surface area contributed by atoms with Crippen molar-refractivity contribution in [1.29, 1.82) is 0 Å². The lowest BCUT2D eigenvalue weighted by molar-refractivity contribution is 0.0506. The fraction of sp³-hybridized carbons (Fsp3) is 1.00. The van der Waals surface area contributed by atoms with E-state index in [4.69, 9.17) is 0 Å². The van der Waals surface area contributed by atoms with E-state index >= 15 is 0 Å². The summed E-state index contributed by atoms with van der Waals surface area (Å²) < 4.78 is 0. The lowest BCUT2D eigenvalue weighted by Gasteiger charge is -2.47. The van der Waals surface area contributed by atoms with Crippen LogP contribution in [0.15, 0.2) is 0 Å². The van der Waals surface area contributed by atoms with Gasteiger partial charge in [0, 0.05) is 36.5 Å². The minimum atomic E-state index is 0.737. The number of nitrogens with zero attached hydrogens (tertiary/aromatic N) is 1. The zero-order valence-corrected chi connectivity index (χ0v) is 14.8. The molecule has 2 aliphatic carbocycles. The molecule has 3 heteroatoms. The molecule has 1 aliphatic heterocycles. The highest BCUT2D eigenvalue weighted by Crippen LogP contribution is 2.33. The molecule has 21 heavy (non-hydrogen) atoms. The zero-order valence-electron chi connectivity index (χ0n) is 14.0. The summed E-state index contributed by atoms with van der Waals surface area (Å²) in [6.45, 7) is 4.97. The van der Waals surface area contributed by atoms with Gasteiger partial charge < -0.3 is 5.32 Å². The maximum atomic E-state index is 3.88. The van der Waals surface area contributed by atoms with Gasteiger partial charge in [-0.3, -0.25) is 4.90 Å². The molecule has 1 N–H and O–H groups in total. The van der Waals surface area contributed by atoms with Gasteiger partial charge in [0.15, 0.2) is 0 Å². The molecule has 2 nitrogen and oxygen atoms in total. The molecular weight excluding hydrogens is 276 g/mol. The first-order valence-electron chi connectivity index (χ1n) is 9.30. The Labute approximate surface area is 135 Å². The molecule has 0 radical (unpaired) electrons. The zero-order chi connectivity index (χ0) is 14.7. The van der Waals surface area contributed by atoms with E-state index in [1.165, 1.54) is 70.9 Å². The molecule has 0 aromatic heterocycles. The molecule has 0 spiro atoms. The summed E-state index contributed by atoms with van der Waals surface area (Å²) in [5, 5.41) is 4.82. The van der Waals surface area contributed by atoms with Crippen molar-refractivity contribution < 1.29 is 0 Å². The second-order valence-electron chi connectivity index (χ2n) is 7.62. The number of piperazine rings is 1. The smallest absolute Gasteiger partial charge is 0.0224 e. The normalized spacial score (nSPS) is 40.3. The molecule has 2 unspecified atom stereocenters. The lowest BCUT2D eigenvalue weighted by atomic mass is 9.82. The summed E-state index contributed by atoms with van der Waals surface area (Å²) in [5.41, 5.74) is 0. The van der Waals surface area contributed by atoms with E-state index in [-0.39, 0.29) is 0 Å². The SMILES string of the molecule is CSC1CCC(N2CC(C3CCCCC3)NCC2C)CC1. The van der Waals surface area contributed by atoms with E-state index in [0.717, 1.165) is 29.3 Å². The quantitative estimate of drug-likeness (QED) is 0.851. The van der Waals surface area contributed by atoms with E-state index in [1.54, 1.807) is 0 Å². The van der Waals surface area contributed by atoms with Crippen LogP contribution in [0.4, 0.5) is 0 Å². The lowest BCUT2D eigenvalue weighted by Crippen LogP contribution is -2.61. The third kappa shape index (κ3) is 3.97. The predicted molar refractivity (Wildman–Crippen MR) is 94.1 cm³/mol. The molecular formula is C18H34N2S. The molecule has 3 aliphatic rings. The Morgan fingerprint density at radius 2 is 1.67 bits per heavy atom. The van der Waals surface area contributed by atoms with E-state index in [0.29, 0.717) is 0 Å². The summed E-state index contributed by atoms with van der Waals surface area (Å²) in [5.74, 6) is 0.955. The van der Waals surface area contributed by atoms with Crippen molar-refractivity contribution in [1.82, 2.24) is 10.2 Å². The van der Waals surface area contributed by atoms with Gasteiger partial charge in [-0.05, 0) is 57.6 Å². The molecule has 0 aromatic carbocycles. The van der Waals surface area contributed by atoms with E-state index in [2.05, 4.69) is 35.2 Å². The third-order valence-electron chi connectivity index (χ3n) is 6.31. The predicted octanol–water partition coefficient (Wildman–Crippen LogP) is 3.90. The highest BCUT2D eigenvalue weighted by Gasteiger charge is 2.35. The number of rotatable bonds is 3. The highest BCUT2D eigenvalue weighted by molar-refractivity contribution is 7.99. The topological polar surface area (TPSA) is 15.3 Å². The van der Waals surface area contributed by atoms with Crippen LogP contribution in [0, 0.1) is 5.92 Å². The summed E-state index contributed by atoms with van der Waals surface area (Å²) in [7, 11) is 0. The second-order valence-corrected chi connectivity index (χ2v) is 8.76. The fourth-order valence-corrected chi connectivity index (χ4v) is 5.63. The van der Waals surface area contributed by atoms with Crippen LogP contribution in [0.25, 0.3) is 0 Å². The Morgan fingerprint density at radius 3 is 2.33 bits per heavy atom. The fourth-order valence-electron chi connectivity index (χ4n) is 4.88. The second kappa shape index (κ2) is 7.70. The first-order valence-corrected chi connectivity index (χ1v) is 10.6. The average molecular weight is 311 g/mol. The van der Waals surface area contributed by atoms with Crippen molar-refractivity contribution in [2.45, 2.75) is 88.1 Å². The van der Waals surface area contributed by atoms with E-state index in [9.17, 15) is 0 Å². The van der Waals surface area contributed by atoms with E-state index in [1.807, 2.05) is 0 Å². The molecule has 2 saturated carbocycles. The van der Waals surface area contributed by atoms with Crippen LogP contribution in [-0.4, -0.2) is 47.6 Å². The molecule has 122 valence electrons. The number of nitrogens with one attached hydrogen (secondary N) is 1. The van der Waals surface area contributed by atoms with Gasteiger partial charge in [-0.2, -0.15) is 11.8 Å². The standard InChI is InChI=1S/C18H34N2S/c1-14-12-19-18(15-6-4-3-5-7-15)13-20(14)16-8-10-17(21-2)11-9-16/h14-19H,3-13H2,1-2H3. The maximum absolute atomic E-state index is 3.88. The molecule has 1 saturated heterocycles. The molecule has 3 fully saturated rings. The Morgan fingerprint density at radius 1 is 0.952 bits per heavy atom. The van der Waals surface area contributed by atoms with Crippen LogP contribution in [0.3, 0.4) is 0 Å². The van der Waals surface area contributed by atoms with Crippen molar-refractivity contribution in [3.8, 4) is 0 Å². The van der Waals surface area contributed by atoms with Crippen molar-refractivity contribution in [2.24, 2.45) is 5.92 Å². The Kier molecular flexibility index (Phi) is 5.92. The largest absolute Gasteiger partial charge is 0.311 e. The molecule has 1 heterocycles. The van der Waals surface area contributed by atoms with Crippen LogP contribution in [0.5, 0.6) is 0 Å². The van der Waals surface area contributed by atoms with Crippen molar-refractivity contribution in [2.75, 3.05) is 19.3 Å². The number of thioether (sulfide) groups is 1. The molecule has 0 aromatic rings. The van der Waals surface area contributed by atoms with Gasteiger partial charge >= 0.3 is 0 Å². The van der Waals surface area contributed by atoms with Gasteiger partial charge in [0.25, 0.3) is 0 Å². The molecule has 0 bridgehead atoms. The van der Waals surface area contributed by atoms with Crippen molar-refractivity contribution in [3.63, 3.8) is 0 Å². The minimum absolute atomic E-state index is 0.737. The van der Waals surface area contributed by atoms with Crippen LogP contribution in [0.1, 0.15) is 64.7 Å². The minimum Gasteiger partial charge on any atom is -0.311 e. The molecule has 2 atom stereocenters. The Balaban J connectivity index is 1.56. The monoisotopic (exact) mass is 310 g/mol. The highest BCUT2D eigenvalue weighted by atomic mass is 32.2. The van der Waals surface area contributed by atoms with Crippen LogP contribution in [0.2, 0.25) is 0 Å². The molecule has 0 amide bonds. The van der Waals surface area contributed by atoms with Gasteiger partial charge in [-0.1, -0.05) is 19.3 Å². The van der Waals surface area contributed by atoms with Gasteiger partial charge in [-0.25, -0.2) is 0 Å². The average Bonchev–Trinajstić information content (AvgIpc) is 2.56. The number of hydrogen-bond donors (Lipinski definition) is 1.